The van der Waals surface area contributed by atoms with Crippen LogP contribution in [0.25, 0.3) is 0 Å². The second kappa shape index (κ2) is 11.8. The highest BCUT2D eigenvalue weighted by Gasteiger charge is 2.20. The maximum absolute atomic E-state index is 11.0. The van der Waals surface area contributed by atoms with Crippen molar-refractivity contribution in [2.24, 2.45) is 28.7 Å². The predicted molar refractivity (Wildman–Crippen MR) is 77.8 cm³/mol. The first-order valence-corrected chi connectivity index (χ1v) is 6.34. The minimum atomic E-state index is -1.31. The van der Waals surface area contributed by atoms with Crippen LogP contribution in [0.2, 0.25) is 0 Å². The molecular formula is C11H21N5O8. The molecular weight excluding hydrogens is 330 g/mol. The van der Waals surface area contributed by atoms with Gasteiger partial charge in [0.25, 0.3) is 0 Å². The first-order valence-electron chi connectivity index (χ1n) is 6.34. The minimum Gasteiger partial charge on any atom is -0.480 e. The van der Waals surface area contributed by atoms with Crippen molar-refractivity contribution < 1.29 is 38.9 Å². The summed E-state index contributed by atoms with van der Waals surface area (Å²) in [7, 11) is 0. The summed E-state index contributed by atoms with van der Waals surface area (Å²) in [5, 5.41) is 16.5. The van der Waals surface area contributed by atoms with E-state index in [2.05, 4.69) is 10.5 Å². The molecule has 0 saturated heterocycles. The Labute approximate surface area is 136 Å². The molecule has 0 bridgehead atoms. The summed E-state index contributed by atoms with van der Waals surface area (Å²) >= 11 is 0. The summed E-state index contributed by atoms with van der Waals surface area (Å²) in [5.74, 6) is -4.88. The lowest BCUT2D eigenvalue weighted by atomic mass is 10.2. The van der Waals surface area contributed by atoms with E-state index in [9.17, 15) is 24.0 Å². The third-order valence-corrected chi connectivity index (χ3v) is 2.18. The van der Waals surface area contributed by atoms with Crippen molar-refractivity contribution in [2.75, 3.05) is 6.61 Å². The lowest BCUT2D eigenvalue weighted by molar-refractivity contribution is -0.150. The molecule has 138 valence electrons. The van der Waals surface area contributed by atoms with Gasteiger partial charge in [-0.15, -0.1) is 0 Å². The summed E-state index contributed by atoms with van der Waals surface area (Å²) in [6.07, 6.45) is -0.670. The first-order chi connectivity index (χ1) is 10.9. The number of nitrogens with two attached hydrogens (primary N) is 5. The lowest BCUT2D eigenvalue weighted by Crippen LogP contribution is -2.41. The molecule has 24 heavy (non-hydrogen) atoms. The summed E-state index contributed by atoms with van der Waals surface area (Å²) in [6.45, 7) is -0.499. The third-order valence-electron chi connectivity index (χ3n) is 2.18. The molecule has 3 atom stereocenters. The van der Waals surface area contributed by atoms with Crippen LogP contribution in [-0.4, -0.2) is 64.7 Å². The van der Waals surface area contributed by atoms with Gasteiger partial charge >= 0.3 is 17.9 Å². The van der Waals surface area contributed by atoms with Gasteiger partial charge in [-0.2, -0.15) is 0 Å². The Morgan fingerprint density at radius 1 is 0.750 bits per heavy atom. The van der Waals surface area contributed by atoms with Crippen molar-refractivity contribution >= 4 is 29.7 Å². The predicted octanol–water partition coefficient (Wildman–Crippen LogP) is -4.58. The molecule has 0 fully saturated rings. The second-order valence-electron chi connectivity index (χ2n) is 4.47. The first kappa shape index (κ1) is 23.5. The van der Waals surface area contributed by atoms with Crippen LogP contribution in [0.1, 0.15) is 12.8 Å². The topological polar surface area (TPSA) is 265 Å². The Bertz CT molecular complexity index is 483. The van der Waals surface area contributed by atoms with Gasteiger partial charge in [-0.3, -0.25) is 24.0 Å². The highest BCUT2D eigenvalue weighted by atomic mass is 16.5. The number of hydrogen-bond acceptors (Lipinski definition) is 9. The van der Waals surface area contributed by atoms with E-state index in [-0.39, 0.29) is 12.8 Å². The van der Waals surface area contributed by atoms with E-state index in [4.69, 9.17) is 33.1 Å². The van der Waals surface area contributed by atoms with Crippen LogP contribution in [0.3, 0.4) is 0 Å². The van der Waals surface area contributed by atoms with Crippen molar-refractivity contribution in [3.8, 4) is 0 Å². The van der Waals surface area contributed by atoms with E-state index >= 15 is 0 Å². The quantitative estimate of drug-likeness (QED) is 0.194. The van der Waals surface area contributed by atoms with Crippen LogP contribution in [0.15, 0.2) is 0 Å². The second-order valence-corrected chi connectivity index (χ2v) is 4.47. The Balaban J connectivity index is 0. The van der Waals surface area contributed by atoms with Gasteiger partial charge in [0, 0.05) is 0 Å². The maximum Gasteiger partial charge on any atom is 0.324 e. The summed E-state index contributed by atoms with van der Waals surface area (Å²) < 4.78 is 4.45. The van der Waals surface area contributed by atoms with Gasteiger partial charge in [0.05, 0.1) is 12.8 Å². The fourth-order valence-corrected chi connectivity index (χ4v) is 0.954. The molecule has 0 spiro atoms. The average Bonchev–Trinajstić information content (AvgIpc) is 2.43. The Kier molecular flexibility index (Phi) is 11.5. The van der Waals surface area contributed by atoms with Crippen LogP contribution < -0.4 is 28.7 Å². The number of carboxylic acid groups (broad SMARTS) is 2. The van der Waals surface area contributed by atoms with Crippen molar-refractivity contribution in [3.05, 3.63) is 0 Å². The number of hydrogen-bond donors (Lipinski definition) is 7. The smallest absolute Gasteiger partial charge is 0.324 e. The molecule has 0 aliphatic heterocycles. The van der Waals surface area contributed by atoms with Crippen molar-refractivity contribution in [2.45, 2.75) is 31.0 Å². The van der Waals surface area contributed by atoms with E-state index in [0.717, 1.165) is 0 Å². The van der Waals surface area contributed by atoms with E-state index in [1.54, 1.807) is 0 Å². The number of amides is 2. The van der Waals surface area contributed by atoms with Gasteiger partial charge < -0.3 is 43.6 Å². The Morgan fingerprint density at radius 2 is 1.12 bits per heavy atom. The van der Waals surface area contributed by atoms with Crippen LogP contribution in [-0.2, 0) is 28.7 Å². The third kappa shape index (κ3) is 12.9. The SMILES string of the molecule is NC(=O)C[C@H](N)C(=O)O.NC(=O)C[C@H](N)C(=O)OC[C@H](N)C(=O)O. The summed E-state index contributed by atoms with van der Waals surface area (Å²) in [5.41, 5.74) is 24.6. The van der Waals surface area contributed by atoms with Gasteiger partial charge in [0.2, 0.25) is 11.8 Å². The van der Waals surface area contributed by atoms with Crippen LogP contribution in [0.5, 0.6) is 0 Å². The summed E-state index contributed by atoms with van der Waals surface area (Å²) in [6, 6.07) is -3.67. The largest absolute Gasteiger partial charge is 0.480 e. The maximum atomic E-state index is 11.0. The summed E-state index contributed by atoms with van der Waals surface area (Å²) in [4.78, 5) is 51.5. The molecule has 0 aromatic carbocycles. The van der Waals surface area contributed by atoms with Crippen LogP contribution in [0.4, 0.5) is 0 Å². The molecule has 0 radical (unpaired) electrons. The van der Waals surface area contributed by atoms with Gasteiger partial charge in [-0.25, -0.2) is 0 Å². The molecule has 2 amide bonds. The molecule has 0 aromatic rings. The monoisotopic (exact) mass is 351 g/mol. The van der Waals surface area contributed by atoms with Gasteiger partial charge in [-0.1, -0.05) is 0 Å². The highest BCUT2D eigenvalue weighted by molar-refractivity contribution is 5.84. The Morgan fingerprint density at radius 3 is 1.42 bits per heavy atom. The average molecular weight is 351 g/mol. The molecule has 0 aromatic heterocycles. The molecule has 0 aliphatic rings. The number of primary amides is 2. The number of carboxylic acids is 2. The number of ether oxygens (including phenoxy) is 1. The number of rotatable bonds is 9. The number of carbonyl (C=O) groups is 5. The molecule has 0 rings (SSSR count). The van der Waals surface area contributed by atoms with Crippen molar-refractivity contribution in [1.82, 2.24) is 0 Å². The molecule has 0 saturated carbocycles. The lowest BCUT2D eigenvalue weighted by Gasteiger charge is -2.11. The highest BCUT2D eigenvalue weighted by Crippen LogP contribution is 1.93. The zero-order valence-corrected chi connectivity index (χ0v) is 12.6. The van der Waals surface area contributed by atoms with Gasteiger partial charge in [-0.05, 0) is 0 Å². The number of carbonyl (C=O) groups excluding carboxylic acids is 3. The molecule has 0 aliphatic carbocycles. The van der Waals surface area contributed by atoms with E-state index in [0.29, 0.717) is 0 Å². The zero-order chi connectivity index (χ0) is 19.4. The molecule has 13 nitrogen and oxygen atoms in total. The molecule has 12 N–H and O–H groups in total. The molecule has 13 heteroatoms. The van der Waals surface area contributed by atoms with Crippen LogP contribution in [0, 0.1) is 0 Å². The normalized spacial score (nSPS) is 13.5. The van der Waals surface area contributed by atoms with E-state index in [1.807, 2.05) is 0 Å². The van der Waals surface area contributed by atoms with Crippen molar-refractivity contribution in [1.29, 1.82) is 0 Å². The molecule has 0 heterocycles. The van der Waals surface area contributed by atoms with Crippen molar-refractivity contribution in [3.63, 3.8) is 0 Å². The van der Waals surface area contributed by atoms with Crippen LogP contribution >= 0.6 is 0 Å². The van der Waals surface area contributed by atoms with Gasteiger partial charge in [0.15, 0.2) is 0 Å². The molecule has 0 unspecified atom stereocenters. The van der Waals surface area contributed by atoms with Gasteiger partial charge in [0.1, 0.15) is 24.7 Å². The Hall–Kier alpha value is -2.77. The van der Waals surface area contributed by atoms with E-state index < -0.39 is 54.5 Å². The minimum absolute atomic E-state index is 0.310. The fourth-order valence-electron chi connectivity index (χ4n) is 0.954. The fraction of sp³-hybridized carbons (Fsp3) is 0.545. The number of esters is 1. The number of aliphatic carboxylic acids is 2. The van der Waals surface area contributed by atoms with E-state index in [1.165, 1.54) is 0 Å². The standard InChI is InChI=1S/C7H13N3O5.C4H8N2O3/c8-3(1-5(10)11)7(14)15-2-4(9)6(12)13;5-2(4(8)9)1-3(6)7/h3-4H,1-2,8-9H2,(H2,10,11)(H,12,13);2H,1,5H2,(H2,6,7)(H,8,9)/t3-,4-;2-/m00/s1. The zero-order valence-electron chi connectivity index (χ0n) is 12.6.